The van der Waals surface area contributed by atoms with Crippen LogP contribution < -0.4 is 4.74 Å². The Morgan fingerprint density at radius 3 is 2.36 bits per heavy atom. The highest BCUT2D eigenvalue weighted by atomic mass is 16.5. The molecule has 0 saturated carbocycles. The molecule has 0 aliphatic rings. The van der Waals surface area contributed by atoms with E-state index in [1.807, 2.05) is 72.5 Å². The van der Waals surface area contributed by atoms with Crippen molar-refractivity contribution in [2.24, 2.45) is 0 Å². The van der Waals surface area contributed by atoms with Gasteiger partial charge in [-0.3, -0.25) is 4.79 Å². The molecule has 0 unspecified atom stereocenters. The zero-order chi connectivity index (χ0) is 23.6. The Hall–Kier alpha value is -3.60. The van der Waals surface area contributed by atoms with Crippen LogP contribution >= 0.6 is 0 Å². The molecule has 0 aliphatic heterocycles. The molecule has 0 saturated heterocycles. The lowest BCUT2D eigenvalue weighted by Crippen LogP contribution is -2.29. The predicted molar refractivity (Wildman–Crippen MR) is 129 cm³/mol. The number of carbonyl (C=O) groups is 2. The van der Waals surface area contributed by atoms with E-state index < -0.39 is 0 Å². The smallest absolute Gasteiger partial charge is 0.338 e. The number of hydrogen-bond donors (Lipinski definition) is 0. The SMILES string of the molecule is COC(=O)c1c(C)cccc1COc1cccc(CN(CCCc2ccccc2)C(C)=O)c1. The standard InChI is InChI=1S/C28H31NO4/c1-21-10-7-15-25(27(21)28(31)32-3)20-33-26-16-8-13-24(18-26)19-29(22(2)30)17-9-14-23-11-5-4-6-12-23/h4-8,10-13,15-16,18H,9,14,17,19-20H2,1-3H3. The van der Waals surface area contributed by atoms with Gasteiger partial charge in [0.25, 0.3) is 0 Å². The van der Waals surface area contributed by atoms with Gasteiger partial charge in [-0.1, -0.05) is 60.7 Å². The topological polar surface area (TPSA) is 55.8 Å². The van der Waals surface area contributed by atoms with Crippen LogP contribution in [0.3, 0.4) is 0 Å². The predicted octanol–water partition coefficient (Wildman–Crippen LogP) is 5.34. The Morgan fingerprint density at radius 1 is 0.909 bits per heavy atom. The summed E-state index contributed by atoms with van der Waals surface area (Å²) in [5, 5.41) is 0. The first-order chi connectivity index (χ1) is 16.0. The maximum absolute atomic E-state index is 12.2. The molecular weight excluding hydrogens is 414 g/mol. The molecule has 0 heterocycles. The normalized spacial score (nSPS) is 10.5. The summed E-state index contributed by atoms with van der Waals surface area (Å²) in [6.45, 7) is 4.96. The van der Waals surface area contributed by atoms with Crippen molar-refractivity contribution in [2.75, 3.05) is 13.7 Å². The average Bonchev–Trinajstić information content (AvgIpc) is 2.82. The van der Waals surface area contributed by atoms with Crippen LogP contribution in [0, 0.1) is 6.92 Å². The molecule has 172 valence electrons. The monoisotopic (exact) mass is 445 g/mol. The molecule has 0 spiro atoms. The second-order valence-electron chi connectivity index (χ2n) is 8.07. The summed E-state index contributed by atoms with van der Waals surface area (Å²) >= 11 is 0. The molecule has 0 bridgehead atoms. The Bertz CT molecular complexity index is 1080. The van der Waals surface area contributed by atoms with E-state index in [0.717, 1.165) is 29.5 Å². The zero-order valence-electron chi connectivity index (χ0n) is 19.5. The second-order valence-corrected chi connectivity index (χ2v) is 8.07. The number of esters is 1. The highest BCUT2D eigenvalue weighted by Crippen LogP contribution is 2.20. The molecule has 3 aromatic rings. The van der Waals surface area contributed by atoms with Gasteiger partial charge in [-0.05, 0) is 48.6 Å². The minimum Gasteiger partial charge on any atom is -0.489 e. The molecule has 0 aromatic heterocycles. The number of rotatable bonds is 10. The van der Waals surface area contributed by atoms with Crippen molar-refractivity contribution in [1.82, 2.24) is 4.90 Å². The third-order valence-electron chi connectivity index (χ3n) is 5.60. The highest BCUT2D eigenvalue weighted by Gasteiger charge is 2.15. The van der Waals surface area contributed by atoms with Crippen LogP contribution in [0.1, 0.15) is 46.0 Å². The molecule has 5 nitrogen and oxygen atoms in total. The van der Waals surface area contributed by atoms with Gasteiger partial charge in [0.05, 0.1) is 12.7 Å². The molecule has 0 radical (unpaired) electrons. The maximum atomic E-state index is 12.2. The van der Waals surface area contributed by atoms with E-state index in [1.54, 1.807) is 6.92 Å². The molecule has 0 aliphatic carbocycles. The van der Waals surface area contributed by atoms with E-state index in [0.29, 0.717) is 24.4 Å². The lowest BCUT2D eigenvalue weighted by molar-refractivity contribution is -0.129. The fourth-order valence-corrected chi connectivity index (χ4v) is 3.82. The number of amides is 1. The van der Waals surface area contributed by atoms with E-state index in [9.17, 15) is 9.59 Å². The van der Waals surface area contributed by atoms with Crippen molar-refractivity contribution >= 4 is 11.9 Å². The lowest BCUT2D eigenvalue weighted by Gasteiger charge is -2.21. The lowest BCUT2D eigenvalue weighted by atomic mass is 10.0. The maximum Gasteiger partial charge on any atom is 0.338 e. The second kappa shape index (κ2) is 11.9. The van der Waals surface area contributed by atoms with Crippen LogP contribution in [-0.2, 0) is 29.1 Å². The molecule has 0 atom stereocenters. The first kappa shape index (κ1) is 24.1. The van der Waals surface area contributed by atoms with E-state index in [1.165, 1.54) is 12.7 Å². The fraction of sp³-hybridized carbons (Fsp3) is 0.286. The van der Waals surface area contributed by atoms with Crippen molar-refractivity contribution in [1.29, 1.82) is 0 Å². The summed E-state index contributed by atoms with van der Waals surface area (Å²) in [6.07, 6.45) is 1.84. The van der Waals surface area contributed by atoms with Gasteiger partial charge in [-0.2, -0.15) is 0 Å². The van der Waals surface area contributed by atoms with Gasteiger partial charge < -0.3 is 14.4 Å². The first-order valence-corrected chi connectivity index (χ1v) is 11.2. The van der Waals surface area contributed by atoms with Crippen LogP contribution in [0.5, 0.6) is 5.75 Å². The van der Waals surface area contributed by atoms with Gasteiger partial charge in [0.2, 0.25) is 5.91 Å². The van der Waals surface area contributed by atoms with Crippen LogP contribution in [-0.4, -0.2) is 30.4 Å². The Morgan fingerprint density at radius 2 is 1.64 bits per heavy atom. The first-order valence-electron chi connectivity index (χ1n) is 11.2. The third-order valence-corrected chi connectivity index (χ3v) is 5.60. The number of hydrogen-bond acceptors (Lipinski definition) is 4. The Balaban J connectivity index is 1.62. The van der Waals surface area contributed by atoms with Gasteiger partial charge in [0, 0.05) is 25.6 Å². The van der Waals surface area contributed by atoms with Crippen molar-refractivity contribution in [3.05, 3.63) is 101 Å². The van der Waals surface area contributed by atoms with Crippen molar-refractivity contribution in [2.45, 2.75) is 39.8 Å². The molecule has 3 rings (SSSR count). The number of ether oxygens (including phenoxy) is 2. The van der Waals surface area contributed by atoms with Gasteiger partial charge in [-0.25, -0.2) is 4.79 Å². The van der Waals surface area contributed by atoms with Crippen molar-refractivity contribution < 1.29 is 19.1 Å². The van der Waals surface area contributed by atoms with Crippen molar-refractivity contribution in [3.63, 3.8) is 0 Å². The number of benzene rings is 3. The summed E-state index contributed by atoms with van der Waals surface area (Å²) < 4.78 is 10.9. The summed E-state index contributed by atoms with van der Waals surface area (Å²) in [5.41, 5.74) is 4.44. The quantitative estimate of drug-likeness (QED) is 0.395. The van der Waals surface area contributed by atoms with Crippen LogP contribution in [0.4, 0.5) is 0 Å². The van der Waals surface area contributed by atoms with E-state index in [-0.39, 0.29) is 18.5 Å². The summed E-state index contributed by atoms with van der Waals surface area (Å²) in [5.74, 6) is 0.377. The summed E-state index contributed by atoms with van der Waals surface area (Å²) in [4.78, 5) is 26.2. The van der Waals surface area contributed by atoms with E-state index in [4.69, 9.17) is 9.47 Å². The molecular formula is C28H31NO4. The van der Waals surface area contributed by atoms with E-state index in [2.05, 4.69) is 12.1 Å². The average molecular weight is 446 g/mol. The van der Waals surface area contributed by atoms with Gasteiger partial charge in [0.1, 0.15) is 12.4 Å². The largest absolute Gasteiger partial charge is 0.489 e. The number of aryl methyl sites for hydroxylation is 2. The molecule has 5 heteroatoms. The Kier molecular flexibility index (Phi) is 8.64. The molecule has 1 amide bonds. The van der Waals surface area contributed by atoms with Crippen LogP contribution in [0.15, 0.2) is 72.8 Å². The number of methoxy groups -OCH3 is 1. The Labute approximate surface area is 196 Å². The molecule has 0 fully saturated rings. The minimum atomic E-state index is -0.368. The molecule has 0 N–H and O–H groups in total. The number of nitrogens with zero attached hydrogens (tertiary/aromatic N) is 1. The molecule has 3 aromatic carbocycles. The summed E-state index contributed by atoms with van der Waals surface area (Å²) in [7, 11) is 1.38. The van der Waals surface area contributed by atoms with Crippen LogP contribution in [0.25, 0.3) is 0 Å². The van der Waals surface area contributed by atoms with Crippen molar-refractivity contribution in [3.8, 4) is 5.75 Å². The minimum absolute atomic E-state index is 0.0527. The van der Waals surface area contributed by atoms with Gasteiger partial charge in [0.15, 0.2) is 0 Å². The highest BCUT2D eigenvalue weighted by molar-refractivity contribution is 5.92. The zero-order valence-corrected chi connectivity index (χ0v) is 19.5. The van der Waals surface area contributed by atoms with Gasteiger partial charge in [-0.15, -0.1) is 0 Å². The number of carbonyl (C=O) groups excluding carboxylic acids is 2. The third kappa shape index (κ3) is 6.94. The molecule has 33 heavy (non-hydrogen) atoms. The van der Waals surface area contributed by atoms with Gasteiger partial charge >= 0.3 is 5.97 Å². The summed E-state index contributed by atoms with van der Waals surface area (Å²) in [6, 6.07) is 23.7. The van der Waals surface area contributed by atoms with Crippen LogP contribution in [0.2, 0.25) is 0 Å². The fourth-order valence-electron chi connectivity index (χ4n) is 3.82. The van der Waals surface area contributed by atoms with E-state index >= 15 is 0 Å².